The minimum absolute atomic E-state index is 0.199. The maximum atomic E-state index is 13.0. The molecule has 0 saturated carbocycles. The summed E-state index contributed by atoms with van der Waals surface area (Å²) in [6.07, 6.45) is 2.55. The zero-order valence-corrected chi connectivity index (χ0v) is 17.7. The summed E-state index contributed by atoms with van der Waals surface area (Å²) >= 11 is 0. The van der Waals surface area contributed by atoms with Crippen LogP contribution in [0, 0.1) is 0 Å². The third-order valence-corrected chi connectivity index (χ3v) is 5.67. The molecule has 0 bridgehead atoms. The Labute approximate surface area is 177 Å². The summed E-state index contributed by atoms with van der Waals surface area (Å²) < 4.78 is 30.3. The number of carbonyl (C=O) groups is 2. The highest BCUT2D eigenvalue weighted by Gasteiger charge is 2.31. The van der Waals surface area contributed by atoms with Crippen LogP contribution in [-0.4, -0.2) is 51.1 Å². The van der Waals surface area contributed by atoms with Gasteiger partial charge in [-0.2, -0.15) is 0 Å². The molecular formula is C22H26N2O5S. The molecule has 1 saturated heterocycles. The van der Waals surface area contributed by atoms with Crippen molar-refractivity contribution >= 4 is 21.9 Å². The van der Waals surface area contributed by atoms with Crippen molar-refractivity contribution in [2.75, 3.05) is 25.9 Å². The van der Waals surface area contributed by atoms with Gasteiger partial charge in [-0.3, -0.25) is 4.79 Å². The van der Waals surface area contributed by atoms with Crippen LogP contribution in [0.3, 0.4) is 0 Å². The number of benzene rings is 2. The molecule has 1 amide bonds. The summed E-state index contributed by atoms with van der Waals surface area (Å²) in [5, 5.41) is 0. The van der Waals surface area contributed by atoms with E-state index in [2.05, 4.69) is 4.72 Å². The van der Waals surface area contributed by atoms with Crippen LogP contribution >= 0.6 is 0 Å². The standard InChI is InChI=1S/C22H26N2O5S/c1-30(27,28)23-14-13-17-9-11-19(12-10-17)22(26)29-20(18-7-3-2-4-8-18)21(25)24-15-5-6-16-24/h2-4,7-12,20,23H,5-6,13-16H2,1H3. The number of sulfonamides is 1. The molecule has 160 valence electrons. The summed E-state index contributed by atoms with van der Waals surface area (Å²) in [6, 6.07) is 15.8. The van der Waals surface area contributed by atoms with Crippen LogP contribution in [0.4, 0.5) is 0 Å². The molecule has 0 radical (unpaired) electrons. The molecule has 1 fully saturated rings. The van der Waals surface area contributed by atoms with Crippen LogP contribution in [-0.2, 0) is 26.0 Å². The Morgan fingerprint density at radius 2 is 1.67 bits per heavy atom. The number of ether oxygens (including phenoxy) is 1. The van der Waals surface area contributed by atoms with Crippen molar-refractivity contribution in [2.45, 2.75) is 25.4 Å². The van der Waals surface area contributed by atoms with E-state index < -0.39 is 22.1 Å². The highest BCUT2D eigenvalue weighted by molar-refractivity contribution is 7.88. The van der Waals surface area contributed by atoms with E-state index in [-0.39, 0.29) is 12.5 Å². The lowest BCUT2D eigenvalue weighted by Crippen LogP contribution is -2.34. The largest absolute Gasteiger partial charge is 0.444 e. The first-order valence-corrected chi connectivity index (χ1v) is 11.8. The van der Waals surface area contributed by atoms with Gasteiger partial charge in [0, 0.05) is 25.2 Å². The van der Waals surface area contributed by atoms with Gasteiger partial charge in [0.1, 0.15) is 0 Å². The molecule has 1 aliphatic heterocycles. The minimum Gasteiger partial charge on any atom is -0.444 e. The quantitative estimate of drug-likeness (QED) is 0.649. The van der Waals surface area contributed by atoms with Crippen molar-refractivity contribution in [2.24, 2.45) is 0 Å². The first kappa shape index (κ1) is 22.0. The van der Waals surface area contributed by atoms with E-state index in [9.17, 15) is 18.0 Å². The van der Waals surface area contributed by atoms with Crippen LogP contribution < -0.4 is 4.72 Å². The van der Waals surface area contributed by atoms with Gasteiger partial charge in [-0.1, -0.05) is 42.5 Å². The van der Waals surface area contributed by atoms with Crippen LogP contribution in [0.1, 0.15) is 40.4 Å². The van der Waals surface area contributed by atoms with E-state index in [4.69, 9.17) is 4.74 Å². The van der Waals surface area contributed by atoms with Crippen molar-refractivity contribution < 1.29 is 22.7 Å². The number of nitrogens with zero attached hydrogens (tertiary/aromatic N) is 1. The van der Waals surface area contributed by atoms with Crippen LogP contribution in [0.15, 0.2) is 54.6 Å². The zero-order chi connectivity index (χ0) is 21.6. The number of carbonyl (C=O) groups excluding carboxylic acids is 2. The van der Waals surface area contributed by atoms with E-state index in [0.717, 1.165) is 24.7 Å². The van der Waals surface area contributed by atoms with Crippen molar-refractivity contribution in [3.8, 4) is 0 Å². The summed E-state index contributed by atoms with van der Waals surface area (Å²) in [5.74, 6) is -0.771. The van der Waals surface area contributed by atoms with Crippen molar-refractivity contribution in [1.82, 2.24) is 9.62 Å². The maximum absolute atomic E-state index is 13.0. The first-order chi connectivity index (χ1) is 14.3. The van der Waals surface area contributed by atoms with Crippen molar-refractivity contribution in [3.05, 3.63) is 71.3 Å². The molecule has 0 aliphatic carbocycles. The Kier molecular flexibility index (Phi) is 7.23. The second-order valence-electron chi connectivity index (χ2n) is 7.34. The van der Waals surface area contributed by atoms with Gasteiger partial charge in [0.25, 0.3) is 5.91 Å². The van der Waals surface area contributed by atoms with Gasteiger partial charge in [0.2, 0.25) is 16.1 Å². The van der Waals surface area contributed by atoms with E-state index in [1.54, 1.807) is 41.3 Å². The van der Waals surface area contributed by atoms with Crippen LogP contribution in [0.2, 0.25) is 0 Å². The fraction of sp³-hybridized carbons (Fsp3) is 0.364. The molecule has 0 aromatic heterocycles. The van der Waals surface area contributed by atoms with E-state index in [0.29, 0.717) is 30.6 Å². The molecule has 1 unspecified atom stereocenters. The number of hydrogen-bond acceptors (Lipinski definition) is 5. The van der Waals surface area contributed by atoms with Crippen molar-refractivity contribution in [1.29, 1.82) is 0 Å². The monoisotopic (exact) mass is 430 g/mol. The molecule has 0 spiro atoms. The molecule has 1 atom stereocenters. The normalized spacial score (nSPS) is 15.0. The average molecular weight is 431 g/mol. The van der Waals surface area contributed by atoms with Crippen LogP contribution in [0.25, 0.3) is 0 Å². The van der Waals surface area contributed by atoms with Crippen molar-refractivity contribution in [3.63, 3.8) is 0 Å². The SMILES string of the molecule is CS(=O)(=O)NCCc1ccc(C(=O)OC(C(=O)N2CCCC2)c2ccccc2)cc1. The number of likely N-dealkylation sites (tertiary alicyclic amines) is 1. The van der Waals surface area contributed by atoms with Gasteiger partial charge < -0.3 is 9.64 Å². The topological polar surface area (TPSA) is 92.8 Å². The highest BCUT2D eigenvalue weighted by Crippen LogP contribution is 2.24. The Bertz CT molecular complexity index is 968. The van der Waals surface area contributed by atoms with Gasteiger partial charge >= 0.3 is 5.97 Å². The summed E-state index contributed by atoms with van der Waals surface area (Å²) in [7, 11) is -3.23. The molecule has 3 rings (SSSR count). The molecule has 1 aliphatic rings. The lowest BCUT2D eigenvalue weighted by molar-refractivity contribution is -0.140. The first-order valence-electron chi connectivity index (χ1n) is 9.92. The highest BCUT2D eigenvalue weighted by atomic mass is 32.2. The Balaban J connectivity index is 1.68. The molecule has 8 heteroatoms. The fourth-order valence-corrected chi connectivity index (χ4v) is 3.83. The summed E-state index contributed by atoms with van der Waals surface area (Å²) in [5.41, 5.74) is 1.87. The average Bonchev–Trinajstić information content (AvgIpc) is 3.26. The minimum atomic E-state index is -3.23. The summed E-state index contributed by atoms with van der Waals surface area (Å²) in [6.45, 7) is 1.63. The lowest BCUT2D eigenvalue weighted by Gasteiger charge is -2.23. The van der Waals surface area contributed by atoms with E-state index in [1.807, 2.05) is 18.2 Å². The fourth-order valence-electron chi connectivity index (χ4n) is 3.36. The number of nitrogens with one attached hydrogen (secondary N) is 1. The maximum Gasteiger partial charge on any atom is 0.339 e. The molecule has 2 aromatic carbocycles. The molecule has 1 heterocycles. The predicted octanol–water partition coefficient (Wildman–Crippen LogP) is 2.30. The number of hydrogen-bond donors (Lipinski definition) is 1. The van der Waals surface area contributed by atoms with E-state index >= 15 is 0 Å². The molecule has 7 nitrogen and oxygen atoms in total. The van der Waals surface area contributed by atoms with Gasteiger partial charge in [0.15, 0.2) is 0 Å². The second-order valence-corrected chi connectivity index (χ2v) is 9.17. The lowest BCUT2D eigenvalue weighted by atomic mass is 10.1. The zero-order valence-electron chi connectivity index (χ0n) is 16.9. The van der Waals surface area contributed by atoms with Gasteiger partial charge in [-0.25, -0.2) is 17.9 Å². The van der Waals surface area contributed by atoms with Gasteiger partial charge in [-0.15, -0.1) is 0 Å². The molecule has 2 aromatic rings. The number of rotatable bonds is 8. The van der Waals surface area contributed by atoms with E-state index in [1.165, 1.54) is 0 Å². The Morgan fingerprint density at radius 1 is 1.03 bits per heavy atom. The van der Waals surface area contributed by atoms with Gasteiger partial charge in [0.05, 0.1) is 11.8 Å². The molecule has 1 N–H and O–H groups in total. The number of amides is 1. The molecule has 30 heavy (non-hydrogen) atoms. The number of esters is 1. The predicted molar refractivity (Wildman–Crippen MR) is 113 cm³/mol. The third kappa shape index (κ3) is 6.14. The second kappa shape index (κ2) is 9.86. The Hall–Kier alpha value is -2.71. The smallest absolute Gasteiger partial charge is 0.339 e. The summed E-state index contributed by atoms with van der Waals surface area (Å²) in [4.78, 5) is 27.4. The third-order valence-electron chi connectivity index (χ3n) is 4.94. The molecular weight excluding hydrogens is 404 g/mol. The van der Waals surface area contributed by atoms with Gasteiger partial charge in [-0.05, 0) is 37.0 Å². The Morgan fingerprint density at radius 3 is 2.27 bits per heavy atom. The van der Waals surface area contributed by atoms with Crippen LogP contribution in [0.5, 0.6) is 0 Å².